The van der Waals surface area contributed by atoms with Crippen LogP contribution in [-0.2, 0) is 9.84 Å². The maximum absolute atomic E-state index is 13.3. The minimum Gasteiger partial charge on any atom is -0.438 e. The molecule has 0 radical (unpaired) electrons. The summed E-state index contributed by atoms with van der Waals surface area (Å²) in [5.41, 5.74) is 1.43. The minimum absolute atomic E-state index is 0.111. The molecule has 170 valence electrons. The highest BCUT2D eigenvalue weighted by molar-refractivity contribution is 7.95. The number of fused-ring (bicyclic) bond motifs is 1. The van der Waals surface area contributed by atoms with E-state index in [2.05, 4.69) is 4.98 Å². The topological polar surface area (TPSA) is 102 Å². The number of nitriles is 1. The van der Waals surface area contributed by atoms with E-state index in [1.807, 2.05) is 19.9 Å². The molecule has 0 N–H and O–H groups in total. The largest absolute Gasteiger partial charge is 0.438 e. The number of rotatable bonds is 5. The highest BCUT2D eigenvalue weighted by Crippen LogP contribution is 2.28. The van der Waals surface area contributed by atoms with Gasteiger partial charge in [0.15, 0.2) is 0 Å². The monoisotopic (exact) mass is 491 g/mol. The molecule has 2 aromatic carbocycles. The zero-order valence-electron chi connectivity index (χ0n) is 18.2. The summed E-state index contributed by atoms with van der Waals surface area (Å²) in [7, 11) is -4.23. The molecule has 34 heavy (non-hydrogen) atoms. The van der Waals surface area contributed by atoms with Crippen LogP contribution >= 0.6 is 11.6 Å². The van der Waals surface area contributed by atoms with E-state index in [-0.39, 0.29) is 16.3 Å². The fraction of sp³-hybridized carbons (Fsp3) is 0.0800. The van der Waals surface area contributed by atoms with Crippen molar-refractivity contribution in [2.24, 2.45) is 0 Å². The summed E-state index contributed by atoms with van der Waals surface area (Å²) in [5, 5.41) is 10.1. The third-order valence-electron chi connectivity index (χ3n) is 4.94. The highest BCUT2D eigenvalue weighted by Gasteiger charge is 2.23. The average Bonchev–Trinajstić information content (AvgIpc) is 2.78. The van der Waals surface area contributed by atoms with Crippen molar-refractivity contribution < 1.29 is 13.2 Å². The molecule has 4 rings (SSSR count). The van der Waals surface area contributed by atoms with Crippen molar-refractivity contribution in [2.45, 2.75) is 18.7 Å². The lowest BCUT2D eigenvalue weighted by molar-refractivity contribution is 0.460. The molecule has 0 unspecified atom stereocenters. The van der Waals surface area contributed by atoms with Gasteiger partial charge in [0.1, 0.15) is 27.9 Å². The highest BCUT2D eigenvalue weighted by atomic mass is 35.5. The SMILES string of the molecule is Cc1cc(C)cc(Oc2nc3ccccn3c(=O)c2/C=C(\C#N)S(=O)(=O)c2ccc(Cl)cc2)c1. The van der Waals surface area contributed by atoms with Gasteiger partial charge in [-0.3, -0.25) is 9.20 Å². The van der Waals surface area contributed by atoms with Crippen molar-refractivity contribution >= 4 is 33.2 Å². The number of sulfone groups is 1. The number of pyridine rings is 1. The minimum atomic E-state index is -4.23. The molecular formula is C25H18ClN3O4S. The second-order valence-corrected chi connectivity index (χ2v) is 9.92. The molecule has 2 aromatic heterocycles. The molecule has 2 heterocycles. The zero-order valence-corrected chi connectivity index (χ0v) is 19.8. The van der Waals surface area contributed by atoms with Crippen LogP contribution < -0.4 is 10.3 Å². The van der Waals surface area contributed by atoms with Gasteiger partial charge in [0.05, 0.1) is 4.90 Å². The van der Waals surface area contributed by atoms with E-state index < -0.39 is 20.3 Å². The Hall–Kier alpha value is -3.93. The molecule has 0 bridgehead atoms. The van der Waals surface area contributed by atoms with Gasteiger partial charge in [-0.25, -0.2) is 8.42 Å². The number of halogens is 1. The molecule has 4 aromatic rings. The molecule has 0 aliphatic rings. The number of nitrogens with zero attached hydrogens (tertiary/aromatic N) is 3. The van der Waals surface area contributed by atoms with E-state index >= 15 is 0 Å². The lowest BCUT2D eigenvalue weighted by Crippen LogP contribution is -2.19. The first kappa shape index (κ1) is 23.2. The van der Waals surface area contributed by atoms with E-state index in [9.17, 15) is 18.5 Å². The van der Waals surface area contributed by atoms with Crippen molar-refractivity contribution in [2.75, 3.05) is 0 Å². The molecule has 0 saturated carbocycles. The Morgan fingerprint density at radius 1 is 1.09 bits per heavy atom. The Labute approximate surface area is 201 Å². The molecule has 7 nitrogen and oxygen atoms in total. The molecule has 0 aliphatic carbocycles. The Morgan fingerprint density at radius 2 is 1.76 bits per heavy atom. The van der Waals surface area contributed by atoms with Gasteiger partial charge >= 0.3 is 0 Å². The Bertz CT molecular complexity index is 1630. The first-order chi connectivity index (χ1) is 16.2. The average molecular weight is 492 g/mol. The van der Waals surface area contributed by atoms with Gasteiger partial charge in [-0.2, -0.15) is 10.2 Å². The first-order valence-electron chi connectivity index (χ1n) is 10.1. The number of aryl methyl sites for hydroxylation is 2. The molecule has 0 fully saturated rings. The molecule has 0 amide bonds. The van der Waals surface area contributed by atoms with Gasteiger partial charge in [0, 0.05) is 11.2 Å². The predicted octanol–water partition coefficient (Wildman–Crippen LogP) is 5.10. The normalized spacial score (nSPS) is 11.9. The summed E-state index contributed by atoms with van der Waals surface area (Å²) in [6, 6.07) is 17.6. The number of benzene rings is 2. The third-order valence-corrected chi connectivity index (χ3v) is 6.88. The van der Waals surface area contributed by atoms with Crippen LogP contribution in [0.15, 0.2) is 81.5 Å². The predicted molar refractivity (Wildman–Crippen MR) is 130 cm³/mol. The molecular weight excluding hydrogens is 474 g/mol. The van der Waals surface area contributed by atoms with Crippen LogP contribution in [0.3, 0.4) is 0 Å². The number of hydrogen-bond acceptors (Lipinski definition) is 6. The summed E-state index contributed by atoms with van der Waals surface area (Å²) in [6.07, 6.45) is 2.50. The Morgan fingerprint density at radius 3 is 2.41 bits per heavy atom. The summed E-state index contributed by atoms with van der Waals surface area (Å²) in [5.74, 6) is 0.318. The third kappa shape index (κ3) is 4.57. The lowest BCUT2D eigenvalue weighted by atomic mass is 10.1. The summed E-state index contributed by atoms with van der Waals surface area (Å²) >= 11 is 5.86. The summed E-state index contributed by atoms with van der Waals surface area (Å²) in [6.45, 7) is 3.80. The Balaban J connectivity index is 1.94. The van der Waals surface area contributed by atoms with E-state index in [0.29, 0.717) is 16.4 Å². The van der Waals surface area contributed by atoms with Crippen LogP contribution in [0.4, 0.5) is 0 Å². The second kappa shape index (κ2) is 9.14. The van der Waals surface area contributed by atoms with Gasteiger partial charge in [0.2, 0.25) is 15.7 Å². The second-order valence-electron chi connectivity index (χ2n) is 7.57. The summed E-state index contributed by atoms with van der Waals surface area (Å²) < 4.78 is 33.4. The van der Waals surface area contributed by atoms with Crippen molar-refractivity contribution in [1.82, 2.24) is 9.38 Å². The van der Waals surface area contributed by atoms with Crippen molar-refractivity contribution in [3.8, 4) is 17.7 Å². The Kier molecular flexibility index (Phi) is 6.24. The molecule has 0 atom stereocenters. The fourth-order valence-corrected chi connectivity index (χ4v) is 4.70. The number of hydrogen-bond donors (Lipinski definition) is 0. The number of ether oxygens (including phenoxy) is 1. The van der Waals surface area contributed by atoms with Crippen LogP contribution in [0.5, 0.6) is 11.6 Å². The standard InChI is InChI=1S/C25H18ClN3O4S/c1-16-11-17(2)13-19(12-16)33-24-22(25(30)29-10-4-3-5-23(29)28-24)14-21(15-27)34(31,32)20-8-6-18(26)7-9-20/h3-14H,1-2H3/b21-14+. The van der Waals surface area contributed by atoms with Crippen LogP contribution in [-0.4, -0.2) is 17.8 Å². The van der Waals surface area contributed by atoms with Crippen LogP contribution in [0.2, 0.25) is 5.02 Å². The summed E-state index contributed by atoms with van der Waals surface area (Å²) in [4.78, 5) is 17.0. The lowest BCUT2D eigenvalue weighted by Gasteiger charge is -2.11. The zero-order chi connectivity index (χ0) is 24.5. The molecule has 0 spiro atoms. The maximum Gasteiger partial charge on any atom is 0.269 e. The van der Waals surface area contributed by atoms with E-state index in [1.165, 1.54) is 34.9 Å². The maximum atomic E-state index is 13.3. The van der Waals surface area contributed by atoms with Crippen molar-refractivity contribution in [3.63, 3.8) is 0 Å². The number of aromatic nitrogens is 2. The van der Waals surface area contributed by atoms with Crippen molar-refractivity contribution in [3.05, 3.63) is 104 Å². The number of allylic oxidation sites excluding steroid dienone is 1. The van der Waals surface area contributed by atoms with E-state index in [0.717, 1.165) is 17.2 Å². The van der Waals surface area contributed by atoms with E-state index in [1.54, 1.807) is 36.4 Å². The van der Waals surface area contributed by atoms with E-state index in [4.69, 9.17) is 16.3 Å². The van der Waals surface area contributed by atoms with Gasteiger partial charge in [-0.15, -0.1) is 0 Å². The van der Waals surface area contributed by atoms with Gasteiger partial charge in [-0.1, -0.05) is 23.7 Å². The molecule has 9 heteroatoms. The molecule has 0 saturated heterocycles. The first-order valence-corrected chi connectivity index (χ1v) is 11.9. The van der Waals surface area contributed by atoms with Crippen LogP contribution in [0.1, 0.15) is 16.7 Å². The van der Waals surface area contributed by atoms with Gasteiger partial charge < -0.3 is 4.74 Å². The van der Waals surface area contributed by atoms with Crippen molar-refractivity contribution in [1.29, 1.82) is 5.26 Å². The van der Waals surface area contributed by atoms with Crippen LogP contribution in [0.25, 0.3) is 11.7 Å². The van der Waals surface area contributed by atoms with Crippen LogP contribution in [0, 0.1) is 25.2 Å². The smallest absolute Gasteiger partial charge is 0.269 e. The van der Waals surface area contributed by atoms with Gasteiger partial charge in [0.25, 0.3) is 5.56 Å². The molecule has 0 aliphatic heterocycles. The van der Waals surface area contributed by atoms with Gasteiger partial charge in [-0.05, 0) is 79.6 Å². The quantitative estimate of drug-likeness (QED) is 0.360. The fourth-order valence-electron chi connectivity index (χ4n) is 3.43.